The lowest BCUT2D eigenvalue weighted by atomic mass is 10.0. The number of anilines is 2. The number of hydrogen-bond acceptors (Lipinski definition) is 4. The van der Waals surface area contributed by atoms with Gasteiger partial charge in [0.2, 0.25) is 0 Å². The molecule has 2 rings (SSSR count). The van der Waals surface area contributed by atoms with Gasteiger partial charge in [-0.25, -0.2) is 4.98 Å². The molecule has 0 aliphatic carbocycles. The van der Waals surface area contributed by atoms with E-state index in [4.69, 9.17) is 5.73 Å². The molecule has 1 aromatic rings. The number of pyridine rings is 1. The molecule has 4 nitrogen and oxygen atoms in total. The van der Waals surface area contributed by atoms with E-state index in [1.165, 1.54) is 0 Å². The average molecular weight is 275 g/mol. The molecular formula is C12H16F3N3O. The molecule has 3 N–H and O–H groups in total. The zero-order valence-corrected chi connectivity index (χ0v) is 10.3. The van der Waals surface area contributed by atoms with Crippen molar-refractivity contribution in [1.29, 1.82) is 0 Å². The molecule has 1 aliphatic heterocycles. The van der Waals surface area contributed by atoms with Crippen molar-refractivity contribution < 1.29 is 18.3 Å². The van der Waals surface area contributed by atoms with Gasteiger partial charge in [0.25, 0.3) is 0 Å². The summed E-state index contributed by atoms with van der Waals surface area (Å²) in [6.45, 7) is 0.500. The Hall–Kier alpha value is -1.50. The van der Waals surface area contributed by atoms with Gasteiger partial charge < -0.3 is 15.7 Å². The van der Waals surface area contributed by atoms with Crippen LogP contribution in [-0.2, 0) is 6.18 Å². The summed E-state index contributed by atoms with van der Waals surface area (Å²) in [5.74, 6) is 0. The van der Waals surface area contributed by atoms with E-state index in [0.29, 0.717) is 12.2 Å². The second-order valence-corrected chi connectivity index (χ2v) is 4.65. The maximum atomic E-state index is 12.7. The van der Waals surface area contributed by atoms with E-state index in [1.54, 1.807) is 4.90 Å². The molecule has 106 valence electrons. The molecule has 1 unspecified atom stereocenters. The molecule has 7 heteroatoms. The molecule has 19 heavy (non-hydrogen) atoms. The Kier molecular flexibility index (Phi) is 3.84. The number of hydrogen-bond donors (Lipinski definition) is 2. The molecule has 0 radical (unpaired) electrons. The Morgan fingerprint density at radius 2 is 2.16 bits per heavy atom. The highest BCUT2D eigenvalue weighted by Crippen LogP contribution is 2.35. The number of aliphatic hydroxyl groups is 1. The molecule has 2 heterocycles. The Morgan fingerprint density at radius 1 is 1.42 bits per heavy atom. The van der Waals surface area contributed by atoms with E-state index in [-0.39, 0.29) is 18.3 Å². The first-order valence-electron chi connectivity index (χ1n) is 6.13. The predicted octanol–water partition coefficient (Wildman–Crippen LogP) is 2.03. The summed E-state index contributed by atoms with van der Waals surface area (Å²) in [6, 6.07) is 0.781. The second-order valence-electron chi connectivity index (χ2n) is 4.65. The molecule has 0 aromatic carbocycles. The molecule has 0 amide bonds. The van der Waals surface area contributed by atoms with E-state index >= 15 is 0 Å². The number of aromatic nitrogens is 1. The van der Waals surface area contributed by atoms with Crippen LogP contribution in [0.5, 0.6) is 0 Å². The van der Waals surface area contributed by atoms with E-state index in [0.717, 1.165) is 31.5 Å². The van der Waals surface area contributed by atoms with Crippen molar-refractivity contribution in [2.24, 2.45) is 0 Å². The number of piperidine rings is 1. The van der Waals surface area contributed by atoms with Gasteiger partial charge in [-0.1, -0.05) is 0 Å². The zero-order valence-electron chi connectivity index (χ0n) is 10.3. The van der Waals surface area contributed by atoms with Crippen LogP contribution in [0.15, 0.2) is 12.3 Å². The summed E-state index contributed by atoms with van der Waals surface area (Å²) in [6.07, 6.45) is -0.883. The average Bonchev–Trinajstić information content (AvgIpc) is 2.38. The topological polar surface area (TPSA) is 62.4 Å². The summed E-state index contributed by atoms with van der Waals surface area (Å²) in [7, 11) is 0. The van der Waals surface area contributed by atoms with Gasteiger partial charge in [-0.2, -0.15) is 13.2 Å². The van der Waals surface area contributed by atoms with E-state index in [2.05, 4.69) is 4.98 Å². The minimum absolute atomic E-state index is 0.0941. The molecule has 0 spiro atoms. The number of nitrogen functional groups attached to an aromatic ring is 1. The van der Waals surface area contributed by atoms with Crippen molar-refractivity contribution in [2.75, 3.05) is 23.8 Å². The minimum Gasteiger partial charge on any atom is -0.396 e. The highest BCUT2D eigenvalue weighted by atomic mass is 19.4. The molecule has 1 atom stereocenters. The standard InChI is InChI=1S/C12H16F3N3O/c13-12(14,15)11-5-10(9(16)6-17-11)18-4-2-1-3-8(18)7-19/h5-6,8,19H,1-4,7,16H2. The van der Waals surface area contributed by atoms with Crippen molar-refractivity contribution in [3.05, 3.63) is 18.0 Å². The first-order chi connectivity index (χ1) is 8.93. The molecule has 0 saturated carbocycles. The number of aliphatic hydroxyl groups excluding tert-OH is 1. The van der Waals surface area contributed by atoms with Crippen LogP contribution in [0, 0.1) is 0 Å². The normalized spacial score (nSPS) is 20.6. The fourth-order valence-electron chi connectivity index (χ4n) is 2.37. The van der Waals surface area contributed by atoms with E-state index in [1.807, 2.05) is 0 Å². The third-order valence-corrected chi connectivity index (χ3v) is 3.35. The van der Waals surface area contributed by atoms with Crippen LogP contribution in [0.3, 0.4) is 0 Å². The van der Waals surface area contributed by atoms with Gasteiger partial charge in [0, 0.05) is 6.54 Å². The smallest absolute Gasteiger partial charge is 0.396 e. The van der Waals surface area contributed by atoms with Crippen LogP contribution in [0.25, 0.3) is 0 Å². The first kappa shape index (κ1) is 13.9. The second kappa shape index (κ2) is 5.24. The fourth-order valence-corrected chi connectivity index (χ4v) is 2.37. The minimum atomic E-state index is -4.49. The van der Waals surface area contributed by atoms with Gasteiger partial charge in [-0.05, 0) is 25.3 Å². The van der Waals surface area contributed by atoms with Gasteiger partial charge >= 0.3 is 6.18 Å². The van der Waals surface area contributed by atoms with Crippen molar-refractivity contribution in [2.45, 2.75) is 31.5 Å². The lowest BCUT2D eigenvalue weighted by Crippen LogP contribution is -2.42. The lowest BCUT2D eigenvalue weighted by Gasteiger charge is -2.37. The Balaban J connectivity index is 2.37. The largest absolute Gasteiger partial charge is 0.433 e. The molecule has 1 fully saturated rings. The van der Waals surface area contributed by atoms with E-state index in [9.17, 15) is 18.3 Å². The first-order valence-corrected chi connectivity index (χ1v) is 6.13. The van der Waals surface area contributed by atoms with Gasteiger partial charge in [0.15, 0.2) is 0 Å². The van der Waals surface area contributed by atoms with Gasteiger partial charge in [0.05, 0.1) is 30.2 Å². The third kappa shape index (κ3) is 2.91. The van der Waals surface area contributed by atoms with Crippen molar-refractivity contribution in [3.8, 4) is 0 Å². The zero-order chi connectivity index (χ0) is 14.0. The van der Waals surface area contributed by atoms with Crippen molar-refractivity contribution in [1.82, 2.24) is 4.98 Å². The van der Waals surface area contributed by atoms with E-state index < -0.39 is 11.9 Å². The molecule has 1 saturated heterocycles. The van der Waals surface area contributed by atoms with Gasteiger partial charge in [0.1, 0.15) is 5.69 Å². The summed E-state index contributed by atoms with van der Waals surface area (Å²) < 4.78 is 38.0. The number of rotatable bonds is 2. The number of halogens is 3. The monoisotopic (exact) mass is 275 g/mol. The summed E-state index contributed by atoms with van der Waals surface area (Å²) >= 11 is 0. The van der Waals surface area contributed by atoms with Crippen molar-refractivity contribution >= 4 is 11.4 Å². The highest BCUT2D eigenvalue weighted by molar-refractivity contribution is 5.67. The fraction of sp³-hybridized carbons (Fsp3) is 0.583. The van der Waals surface area contributed by atoms with Crippen LogP contribution < -0.4 is 10.6 Å². The number of nitrogens with zero attached hydrogens (tertiary/aromatic N) is 2. The predicted molar refractivity (Wildman–Crippen MR) is 65.7 cm³/mol. The maximum absolute atomic E-state index is 12.7. The lowest BCUT2D eigenvalue weighted by molar-refractivity contribution is -0.141. The van der Waals surface area contributed by atoms with Crippen LogP contribution >= 0.6 is 0 Å². The maximum Gasteiger partial charge on any atom is 0.433 e. The summed E-state index contributed by atoms with van der Waals surface area (Å²) in [5, 5.41) is 9.32. The molecule has 0 bridgehead atoms. The Labute approximate surface area is 109 Å². The van der Waals surface area contributed by atoms with Crippen molar-refractivity contribution in [3.63, 3.8) is 0 Å². The number of alkyl halides is 3. The van der Waals surface area contributed by atoms with Crippen LogP contribution in [0.1, 0.15) is 25.0 Å². The highest BCUT2D eigenvalue weighted by Gasteiger charge is 2.34. The van der Waals surface area contributed by atoms with Crippen LogP contribution in [0.4, 0.5) is 24.5 Å². The van der Waals surface area contributed by atoms with Crippen LogP contribution in [-0.4, -0.2) is 29.3 Å². The third-order valence-electron chi connectivity index (χ3n) is 3.35. The SMILES string of the molecule is Nc1cnc(C(F)(F)F)cc1N1CCCCC1CO. The summed E-state index contributed by atoms with van der Waals surface area (Å²) in [5.41, 5.74) is 5.28. The quantitative estimate of drug-likeness (QED) is 0.867. The van der Waals surface area contributed by atoms with Crippen LogP contribution in [0.2, 0.25) is 0 Å². The number of nitrogens with two attached hydrogens (primary N) is 1. The molecule has 1 aliphatic rings. The molecular weight excluding hydrogens is 259 g/mol. The summed E-state index contributed by atoms with van der Waals surface area (Å²) in [4.78, 5) is 5.06. The van der Waals surface area contributed by atoms with Gasteiger partial charge in [-0.3, -0.25) is 0 Å². The molecule has 1 aromatic heterocycles. The van der Waals surface area contributed by atoms with Gasteiger partial charge in [-0.15, -0.1) is 0 Å². The Morgan fingerprint density at radius 3 is 2.79 bits per heavy atom. The Bertz CT molecular complexity index is 450.